The summed E-state index contributed by atoms with van der Waals surface area (Å²) in [7, 11) is 0. The lowest BCUT2D eigenvalue weighted by Crippen LogP contribution is -2.22. The predicted octanol–water partition coefficient (Wildman–Crippen LogP) is 3.28. The molecule has 0 unspecified atom stereocenters. The van der Waals surface area contributed by atoms with Crippen LogP contribution in [0.4, 0.5) is 0 Å². The summed E-state index contributed by atoms with van der Waals surface area (Å²) >= 11 is 0. The molecule has 3 rings (SSSR count). The number of amides is 1. The van der Waals surface area contributed by atoms with E-state index in [1.54, 1.807) is 24.3 Å². The Balaban J connectivity index is 1.65. The van der Waals surface area contributed by atoms with Gasteiger partial charge in [-0.1, -0.05) is 12.1 Å². The van der Waals surface area contributed by atoms with E-state index < -0.39 is 0 Å². The Labute approximate surface area is 134 Å². The summed E-state index contributed by atoms with van der Waals surface area (Å²) in [6.45, 7) is 0.397. The van der Waals surface area contributed by atoms with Gasteiger partial charge < -0.3 is 9.88 Å². The fourth-order valence-electron chi connectivity index (χ4n) is 2.33. The van der Waals surface area contributed by atoms with Crippen molar-refractivity contribution in [1.82, 2.24) is 9.88 Å². The zero-order valence-electron chi connectivity index (χ0n) is 12.4. The minimum absolute atomic E-state index is 0.133. The predicted molar refractivity (Wildman–Crippen MR) is 88.1 cm³/mol. The molecular weight excluding hydrogens is 286 g/mol. The van der Waals surface area contributed by atoms with Crippen LogP contribution < -0.4 is 5.32 Å². The molecule has 0 spiro atoms. The summed E-state index contributed by atoms with van der Waals surface area (Å²) in [5.74, 6) is -0.133. The Kier molecular flexibility index (Phi) is 4.21. The van der Waals surface area contributed by atoms with Crippen LogP contribution in [0.25, 0.3) is 5.69 Å². The van der Waals surface area contributed by atoms with Gasteiger partial charge in [0.1, 0.15) is 0 Å². The lowest BCUT2D eigenvalue weighted by atomic mass is 10.1. The molecule has 4 nitrogen and oxygen atoms in total. The minimum atomic E-state index is -0.133. The number of nitrogens with one attached hydrogen (secondary N) is 1. The highest BCUT2D eigenvalue weighted by Gasteiger charge is 2.06. The van der Waals surface area contributed by atoms with Crippen LogP contribution in [0.3, 0.4) is 0 Å². The average molecular weight is 301 g/mol. The topological polar surface area (TPSA) is 57.8 Å². The number of nitriles is 1. The SMILES string of the molecule is N#Cc1cccc(CNC(=O)c2ccc(-n3cccc3)cc2)c1. The van der Waals surface area contributed by atoms with Crippen molar-refractivity contribution < 1.29 is 4.79 Å². The number of nitrogens with zero attached hydrogens (tertiary/aromatic N) is 2. The summed E-state index contributed by atoms with van der Waals surface area (Å²) < 4.78 is 1.98. The molecule has 1 N–H and O–H groups in total. The van der Waals surface area contributed by atoms with Crippen molar-refractivity contribution in [2.45, 2.75) is 6.54 Å². The Hall–Kier alpha value is -3.32. The Morgan fingerprint density at radius 3 is 2.48 bits per heavy atom. The highest BCUT2D eigenvalue weighted by molar-refractivity contribution is 5.94. The molecule has 0 atom stereocenters. The quantitative estimate of drug-likeness (QED) is 0.804. The molecule has 0 bridgehead atoms. The minimum Gasteiger partial charge on any atom is -0.348 e. The van der Waals surface area contributed by atoms with E-state index in [2.05, 4.69) is 11.4 Å². The molecule has 1 heterocycles. The molecule has 0 aliphatic carbocycles. The Morgan fingerprint density at radius 1 is 1.04 bits per heavy atom. The molecular formula is C19H15N3O. The van der Waals surface area contributed by atoms with Crippen LogP contribution in [0.2, 0.25) is 0 Å². The highest BCUT2D eigenvalue weighted by atomic mass is 16.1. The van der Waals surface area contributed by atoms with Gasteiger partial charge in [0.2, 0.25) is 0 Å². The number of rotatable bonds is 4. The summed E-state index contributed by atoms with van der Waals surface area (Å²) in [6.07, 6.45) is 3.91. The number of carbonyl (C=O) groups excluding carboxylic acids is 1. The molecule has 1 amide bonds. The maximum absolute atomic E-state index is 12.2. The van der Waals surface area contributed by atoms with Crippen LogP contribution in [0.5, 0.6) is 0 Å². The van der Waals surface area contributed by atoms with Crippen LogP contribution in [0.15, 0.2) is 73.1 Å². The van der Waals surface area contributed by atoms with E-state index in [9.17, 15) is 4.79 Å². The van der Waals surface area contributed by atoms with Gasteiger partial charge in [-0.25, -0.2) is 0 Å². The van der Waals surface area contributed by atoms with Crippen LogP contribution >= 0.6 is 0 Å². The van der Waals surface area contributed by atoms with Gasteiger partial charge >= 0.3 is 0 Å². The third-order valence-corrected chi connectivity index (χ3v) is 3.54. The van der Waals surface area contributed by atoms with Crippen molar-refractivity contribution in [3.05, 3.63) is 89.7 Å². The van der Waals surface area contributed by atoms with E-state index in [1.807, 2.05) is 53.4 Å². The Bertz CT molecular complexity index is 843. The molecule has 4 heteroatoms. The fourth-order valence-corrected chi connectivity index (χ4v) is 2.33. The lowest BCUT2D eigenvalue weighted by molar-refractivity contribution is 0.0951. The molecule has 0 aliphatic heterocycles. The zero-order valence-corrected chi connectivity index (χ0v) is 12.4. The third kappa shape index (κ3) is 3.47. The van der Waals surface area contributed by atoms with Gasteiger partial charge in [-0.05, 0) is 54.1 Å². The fraction of sp³-hybridized carbons (Fsp3) is 0.0526. The van der Waals surface area contributed by atoms with E-state index in [1.165, 1.54) is 0 Å². The first kappa shape index (κ1) is 14.6. The Morgan fingerprint density at radius 2 is 1.78 bits per heavy atom. The van der Waals surface area contributed by atoms with Gasteiger partial charge in [-0.2, -0.15) is 5.26 Å². The second-order valence-electron chi connectivity index (χ2n) is 5.13. The van der Waals surface area contributed by atoms with E-state index in [-0.39, 0.29) is 5.91 Å². The van der Waals surface area contributed by atoms with Gasteiger partial charge in [-0.15, -0.1) is 0 Å². The number of benzene rings is 2. The lowest BCUT2D eigenvalue weighted by Gasteiger charge is -2.07. The normalized spacial score (nSPS) is 10.0. The number of hydrogen-bond acceptors (Lipinski definition) is 2. The second kappa shape index (κ2) is 6.63. The second-order valence-corrected chi connectivity index (χ2v) is 5.13. The van der Waals surface area contributed by atoms with Crippen molar-refractivity contribution in [1.29, 1.82) is 5.26 Å². The molecule has 0 fully saturated rings. The molecule has 0 radical (unpaired) electrons. The zero-order chi connectivity index (χ0) is 16.1. The van der Waals surface area contributed by atoms with Crippen molar-refractivity contribution in [2.75, 3.05) is 0 Å². The first-order chi connectivity index (χ1) is 11.3. The first-order valence-corrected chi connectivity index (χ1v) is 7.27. The van der Waals surface area contributed by atoms with Gasteiger partial charge in [0.05, 0.1) is 11.6 Å². The summed E-state index contributed by atoms with van der Waals surface area (Å²) in [5.41, 5.74) is 3.11. The van der Waals surface area contributed by atoms with Crippen LogP contribution in [0, 0.1) is 11.3 Å². The molecule has 2 aromatic carbocycles. The van der Waals surface area contributed by atoms with Gasteiger partial charge in [0.25, 0.3) is 5.91 Å². The van der Waals surface area contributed by atoms with E-state index in [4.69, 9.17) is 5.26 Å². The van der Waals surface area contributed by atoms with Gasteiger partial charge in [0.15, 0.2) is 0 Å². The van der Waals surface area contributed by atoms with E-state index >= 15 is 0 Å². The summed E-state index contributed by atoms with van der Waals surface area (Å²) in [4.78, 5) is 12.2. The molecule has 23 heavy (non-hydrogen) atoms. The number of aromatic nitrogens is 1. The highest BCUT2D eigenvalue weighted by Crippen LogP contribution is 2.10. The largest absolute Gasteiger partial charge is 0.348 e. The van der Waals surface area contributed by atoms with Crippen LogP contribution in [0.1, 0.15) is 21.5 Å². The van der Waals surface area contributed by atoms with Crippen LogP contribution in [-0.4, -0.2) is 10.5 Å². The summed E-state index contributed by atoms with van der Waals surface area (Å²) in [5, 5.41) is 11.7. The van der Waals surface area contributed by atoms with Crippen molar-refractivity contribution >= 4 is 5.91 Å². The van der Waals surface area contributed by atoms with Crippen LogP contribution in [-0.2, 0) is 6.54 Å². The molecule has 3 aromatic rings. The molecule has 0 saturated heterocycles. The maximum atomic E-state index is 12.2. The standard InChI is InChI=1S/C19H15N3O/c20-13-15-4-3-5-16(12-15)14-21-19(23)17-6-8-18(9-7-17)22-10-1-2-11-22/h1-12H,14H2,(H,21,23). The molecule has 112 valence electrons. The first-order valence-electron chi connectivity index (χ1n) is 7.27. The van der Waals surface area contributed by atoms with Gasteiger partial charge in [0, 0.05) is 30.2 Å². The molecule has 0 saturated carbocycles. The van der Waals surface area contributed by atoms with Gasteiger partial charge in [-0.3, -0.25) is 4.79 Å². The number of hydrogen-bond donors (Lipinski definition) is 1. The average Bonchev–Trinajstić information content (AvgIpc) is 3.14. The van der Waals surface area contributed by atoms with Crippen molar-refractivity contribution in [3.8, 4) is 11.8 Å². The molecule has 0 aliphatic rings. The van der Waals surface area contributed by atoms with E-state index in [0.717, 1.165) is 11.3 Å². The van der Waals surface area contributed by atoms with Crippen molar-refractivity contribution in [3.63, 3.8) is 0 Å². The number of carbonyl (C=O) groups is 1. The smallest absolute Gasteiger partial charge is 0.251 e. The van der Waals surface area contributed by atoms with E-state index in [0.29, 0.717) is 17.7 Å². The maximum Gasteiger partial charge on any atom is 0.251 e. The summed E-state index contributed by atoms with van der Waals surface area (Å²) in [6, 6.07) is 20.6. The third-order valence-electron chi connectivity index (χ3n) is 3.54. The monoisotopic (exact) mass is 301 g/mol. The molecule has 1 aromatic heterocycles. The van der Waals surface area contributed by atoms with Crippen molar-refractivity contribution in [2.24, 2.45) is 0 Å².